The van der Waals surface area contributed by atoms with Crippen molar-refractivity contribution in [2.45, 2.75) is 13.3 Å². The molecule has 19 heavy (non-hydrogen) atoms. The van der Waals surface area contributed by atoms with Crippen molar-refractivity contribution in [2.24, 2.45) is 21.9 Å². The highest BCUT2D eigenvalue weighted by Gasteiger charge is 2.23. The van der Waals surface area contributed by atoms with Gasteiger partial charge in [-0.05, 0) is 12.1 Å². The van der Waals surface area contributed by atoms with Gasteiger partial charge in [-0.2, -0.15) is 5.10 Å². The van der Waals surface area contributed by atoms with E-state index in [0.29, 0.717) is 28.8 Å². The first-order valence-corrected chi connectivity index (χ1v) is 6.27. The van der Waals surface area contributed by atoms with Gasteiger partial charge in [0.1, 0.15) is 5.84 Å². The summed E-state index contributed by atoms with van der Waals surface area (Å²) in [6.45, 7) is 2.04. The van der Waals surface area contributed by atoms with E-state index in [-0.39, 0.29) is 5.92 Å². The SMILES string of the molecule is COc1ccc(C2=NN=C(N)CC2C)c(Cl)c1OC. The number of nitrogens with two attached hydrogens (primary N) is 1. The van der Waals surface area contributed by atoms with Gasteiger partial charge in [-0.25, -0.2) is 0 Å². The summed E-state index contributed by atoms with van der Waals surface area (Å²) in [4.78, 5) is 0. The van der Waals surface area contributed by atoms with Gasteiger partial charge in [0.25, 0.3) is 0 Å². The van der Waals surface area contributed by atoms with Crippen LogP contribution in [-0.2, 0) is 0 Å². The van der Waals surface area contributed by atoms with Gasteiger partial charge in [0, 0.05) is 17.9 Å². The van der Waals surface area contributed by atoms with E-state index in [2.05, 4.69) is 10.2 Å². The fourth-order valence-corrected chi connectivity index (χ4v) is 2.40. The number of hydrogen-bond acceptors (Lipinski definition) is 5. The average Bonchev–Trinajstić information content (AvgIpc) is 2.39. The zero-order chi connectivity index (χ0) is 14.0. The summed E-state index contributed by atoms with van der Waals surface area (Å²) in [5.74, 6) is 1.78. The minimum atomic E-state index is 0.160. The fraction of sp³-hybridized carbons (Fsp3) is 0.385. The van der Waals surface area contributed by atoms with Gasteiger partial charge in [0.2, 0.25) is 0 Å². The maximum absolute atomic E-state index is 6.36. The van der Waals surface area contributed by atoms with Crippen LogP contribution in [0.15, 0.2) is 22.3 Å². The maximum atomic E-state index is 6.36. The Labute approximate surface area is 117 Å². The van der Waals surface area contributed by atoms with Gasteiger partial charge < -0.3 is 15.2 Å². The van der Waals surface area contributed by atoms with Gasteiger partial charge >= 0.3 is 0 Å². The number of rotatable bonds is 3. The molecule has 0 spiro atoms. The summed E-state index contributed by atoms with van der Waals surface area (Å²) in [6.07, 6.45) is 0.670. The first-order chi connectivity index (χ1) is 9.08. The first kappa shape index (κ1) is 13.7. The molecule has 0 amide bonds. The highest BCUT2D eigenvalue weighted by molar-refractivity contribution is 6.36. The van der Waals surface area contributed by atoms with Crippen molar-refractivity contribution in [1.29, 1.82) is 0 Å². The quantitative estimate of drug-likeness (QED) is 0.925. The molecule has 0 radical (unpaired) electrons. The van der Waals surface area contributed by atoms with E-state index in [1.54, 1.807) is 20.3 Å². The minimum Gasteiger partial charge on any atom is -0.493 e. The molecule has 2 rings (SSSR count). The summed E-state index contributed by atoms with van der Waals surface area (Å²) < 4.78 is 10.5. The van der Waals surface area contributed by atoms with E-state index in [1.807, 2.05) is 13.0 Å². The Morgan fingerprint density at radius 2 is 2.00 bits per heavy atom. The number of amidine groups is 1. The molecule has 0 saturated heterocycles. The summed E-state index contributed by atoms with van der Waals surface area (Å²) in [5.41, 5.74) is 7.27. The van der Waals surface area contributed by atoms with Crippen molar-refractivity contribution in [1.82, 2.24) is 0 Å². The predicted molar refractivity (Wildman–Crippen MR) is 76.5 cm³/mol. The number of nitrogens with zero attached hydrogens (tertiary/aromatic N) is 2. The van der Waals surface area contributed by atoms with E-state index in [1.165, 1.54) is 0 Å². The molecule has 6 heteroatoms. The standard InChI is InChI=1S/C13H16ClN3O2/c1-7-6-10(15)16-17-12(7)8-4-5-9(18-2)13(19-3)11(8)14/h4-5,7H,6H2,1-3H3,(H2,15,16). The second-order valence-electron chi connectivity index (χ2n) is 4.34. The Balaban J connectivity index is 2.52. The summed E-state index contributed by atoms with van der Waals surface area (Å²) in [5, 5.41) is 8.56. The van der Waals surface area contributed by atoms with Gasteiger partial charge in [0.15, 0.2) is 11.5 Å². The summed E-state index contributed by atoms with van der Waals surface area (Å²) >= 11 is 6.36. The Hall–Kier alpha value is -1.75. The van der Waals surface area contributed by atoms with Crippen LogP contribution in [0.4, 0.5) is 0 Å². The number of benzene rings is 1. The number of ether oxygens (including phenoxy) is 2. The van der Waals surface area contributed by atoms with Crippen LogP contribution in [0, 0.1) is 5.92 Å². The monoisotopic (exact) mass is 281 g/mol. The van der Waals surface area contributed by atoms with Crippen molar-refractivity contribution in [3.63, 3.8) is 0 Å². The van der Waals surface area contributed by atoms with Crippen molar-refractivity contribution in [3.05, 3.63) is 22.7 Å². The van der Waals surface area contributed by atoms with Gasteiger partial charge in [-0.15, -0.1) is 5.10 Å². The Kier molecular flexibility index (Phi) is 3.95. The Morgan fingerprint density at radius 3 is 2.58 bits per heavy atom. The smallest absolute Gasteiger partial charge is 0.180 e. The summed E-state index contributed by atoms with van der Waals surface area (Å²) in [7, 11) is 3.12. The molecule has 0 aromatic heterocycles. The molecular weight excluding hydrogens is 266 g/mol. The fourth-order valence-electron chi connectivity index (χ4n) is 2.07. The van der Waals surface area contributed by atoms with Crippen LogP contribution < -0.4 is 15.2 Å². The molecule has 1 aliphatic rings. The van der Waals surface area contributed by atoms with E-state index >= 15 is 0 Å². The molecule has 0 aliphatic carbocycles. The molecule has 1 aromatic carbocycles. The summed E-state index contributed by atoms with van der Waals surface area (Å²) in [6, 6.07) is 3.66. The van der Waals surface area contributed by atoms with Gasteiger partial charge in [-0.3, -0.25) is 0 Å². The molecule has 1 aliphatic heterocycles. The van der Waals surface area contributed by atoms with Gasteiger partial charge in [0.05, 0.1) is 25.0 Å². The highest BCUT2D eigenvalue weighted by atomic mass is 35.5. The Morgan fingerprint density at radius 1 is 1.26 bits per heavy atom. The molecular formula is C13H16ClN3O2. The average molecular weight is 282 g/mol. The second kappa shape index (κ2) is 5.48. The van der Waals surface area contributed by atoms with Crippen molar-refractivity contribution < 1.29 is 9.47 Å². The number of halogens is 1. The lowest BCUT2D eigenvalue weighted by molar-refractivity contribution is 0.355. The van der Waals surface area contributed by atoms with Crippen LogP contribution in [0.25, 0.3) is 0 Å². The molecule has 0 saturated carbocycles. The third-order valence-corrected chi connectivity index (χ3v) is 3.40. The van der Waals surface area contributed by atoms with Crippen LogP contribution in [0.2, 0.25) is 5.02 Å². The van der Waals surface area contributed by atoms with Crippen molar-refractivity contribution in [3.8, 4) is 11.5 Å². The molecule has 0 fully saturated rings. The van der Waals surface area contributed by atoms with E-state index in [4.69, 9.17) is 26.8 Å². The largest absolute Gasteiger partial charge is 0.493 e. The van der Waals surface area contributed by atoms with E-state index in [9.17, 15) is 0 Å². The number of hydrogen-bond donors (Lipinski definition) is 1. The zero-order valence-corrected chi connectivity index (χ0v) is 11.9. The lowest BCUT2D eigenvalue weighted by Gasteiger charge is -2.19. The molecule has 1 heterocycles. The number of methoxy groups -OCH3 is 2. The molecule has 102 valence electrons. The zero-order valence-electron chi connectivity index (χ0n) is 11.1. The topological polar surface area (TPSA) is 69.2 Å². The first-order valence-electron chi connectivity index (χ1n) is 5.89. The molecule has 2 N–H and O–H groups in total. The molecule has 1 aromatic rings. The molecule has 0 bridgehead atoms. The molecule has 1 unspecified atom stereocenters. The molecule has 5 nitrogen and oxygen atoms in total. The third kappa shape index (κ3) is 2.51. The predicted octanol–water partition coefficient (Wildman–Crippen LogP) is 2.46. The maximum Gasteiger partial charge on any atom is 0.180 e. The van der Waals surface area contributed by atoms with Crippen LogP contribution in [-0.4, -0.2) is 25.8 Å². The Bertz CT molecular complexity index is 555. The lowest BCUT2D eigenvalue weighted by atomic mass is 9.94. The van der Waals surface area contributed by atoms with Crippen LogP contribution in [0.5, 0.6) is 11.5 Å². The van der Waals surface area contributed by atoms with Crippen LogP contribution >= 0.6 is 11.6 Å². The van der Waals surface area contributed by atoms with Crippen molar-refractivity contribution >= 4 is 23.1 Å². The second-order valence-corrected chi connectivity index (χ2v) is 4.72. The highest BCUT2D eigenvalue weighted by Crippen LogP contribution is 2.38. The van der Waals surface area contributed by atoms with Crippen LogP contribution in [0.1, 0.15) is 18.9 Å². The van der Waals surface area contributed by atoms with E-state index in [0.717, 1.165) is 11.3 Å². The van der Waals surface area contributed by atoms with Crippen LogP contribution in [0.3, 0.4) is 0 Å². The normalized spacial score (nSPS) is 18.6. The van der Waals surface area contributed by atoms with E-state index < -0.39 is 0 Å². The van der Waals surface area contributed by atoms with Gasteiger partial charge in [-0.1, -0.05) is 18.5 Å². The lowest BCUT2D eigenvalue weighted by Crippen LogP contribution is -2.25. The minimum absolute atomic E-state index is 0.160. The molecule has 1 atom stereocenters. The third-order valence-electron chi connectivity index (χ3n) is 3.03. The van der Waals surface area contributed by atoms with Crippen molar-refractivity contribution in [2.75, 3.05) is 14.2 Å².